The minimum Gasteiger partial charge on any atom is -0.268 e. The van der Waals surface area contributed by atoms with Gasteiger partial charge in [-0.1, -0.05) is 46.4 Å². The van der Waals surface area contributed by atoms with E-state index in [0.29, 0.717) is 0 Å². The number of hydrogen-bond donors (Lipinski definition) is 0. The van der Waals surface area contributed by atoms with Gasteiger partial charge in [-0.2, -0.15) is 4.21 Å². The molecule has 1 aliphatic heterocycles. The molecule has 0 radical (unpaired) electrons. The summed E-state index contributed by atoms with van der Waals surface area (Å²) in [6, 6.07) is 0. The second-order valence-electron chi connectivity index (χ2n) is 4.19. The van der Waals surface area contributed by atoms with E-state index >= 15 is 0 Å². The van der Waals surface area contributed by atoms with Gasteiger partial charge in [-0.25, -0.2) is 0 Å². The first-order valence-electron chi connectivity index (χ1n) is 6.78. The summed E-state index contributed by atoms with van der Waals surface area (Å²) in [6.07, 6.45) is 0. The number of alkyl halides is 4. The first kappa shape index (κ1) is 11.1. The van der Waals surface area contributed by atoms with Crippen molar-refractivity contribution < 1.29 is 18.1 Å². The Morgan fingerprint density at radius 3 is 1.79 bits per heavy atom. The smallest absolute Gasteiger partial charge is 0.268 e. The molecule has 2 bridgehead atoms. The fourth-order valence-electron chi connectivity index (χ4n) is 2.48. The summed E-state index contributed by atoms with van der Waals surface area (Å²) in [5.74, 6) is -3.28. The topological polar surface area (TPSA) is 35.5 Å². The number of hydrogen-bond acceptors (Lipinski definition) is 3. The van der Waals surface area contributed by atoms with Crippen LogP contribution >= 0.6 is 69.6 Å². The van der Waals surface area contributed by atoms with Gasteiger partial charge >= 0.3 is 11.4 Å². The van der Waals surface area contributed by atoms with E-state index in [1.807, 2.05) is 0 Å². The SMILES string of the molecule is [2H]C1([2H])OS(=O)OC([2H])([2H])[C@@H]2[C@H]1[C@]1(Cl)C(Cl)=C(Cl)[C@@]2(Cl)C1(Cl)Cl. The second-order valence-corrected chi connectivity index (χ2v) is 8.20. The van der Waals surface area contributed by atoms with Crippen LogP contribution < -0.4 is 0 Å². The summed E-state index contributed by atoms with van der Waals surface area (Å²) in [5.41, 5.74) is 0. The lowest BCUT2D eigenvalue weighted by molar-refractivity contribution is 0.207. The lowest BCUT2D eigenvalue weighted by atomic mass is 9.83. The third kappa shape index (κ3) is 1.59. The molecule has 3 rings (SSSR count). The molecule has 0 aromatic carbocycles. The monoisotopic (exact) mass is 408 g/mol. The third-order valence-electron chi connectivity index (χ3n) is 3.42. The van der Waals surface area contributed by atoms with Crippen molar-refractivity contribution in [2.45, 2.75) is 14.1 Å². The van der Waals surface area contributed by atoms with Crippen LogP contribution in [0.15, 0.2) is 10.1 Å². The van der Waals surface area contributed by atoms with Gasteiger partial charge in [0.15, 0.2) is 4.33 Å². The van der Waals surface area contributed by atoms with Crippen molar-refractivity contribution in [3.8, 4) is 0 Å². The Labute approximate surface area is 147 Å². The Kier molecular flexibility index (Phi) is 2.65. The van der Waals surface area contributed by atoms with E-state index in [1.165, 1.54) is 0 Å². The van der Waals surface area contributed by atoms with Crippen LogP contribution in [0.25, 0.3) is 0 Å². The molecule has 0 N–H and O–H groups in total. The Balaban J connectivity index is 2.38. The van der Waals surface area contributed by atoms with Crippen LogP contribution in [0.3, 0.4) is 0 Å². The number of rotatable bonds is 0. The van der Waals surface area contributed by atoms with Gasteiger partial charge in [0.1, 0.15) is 9.75 Å². The highest BCUT2D eigenvalue weighted by molar-refractivity contribution is 7.75. The Hall–Kier alpha value is 1.55. The molecular weight excluding hydrogens is 401 g/mol. The van der Waals surface area contributed by atoms with Crippen LogP contribution in [0.4, 0.5) is 0 Å². The molecule has 0 amide bonds. The number of fused-ring (bicyclic) bond motifs is 5. The molecule has 5 atom stereocenters. The molecule has 0 aromatic heterocycles. The van der Waals surface area contributed by atoms with Gasteiger partial charge < -0.3 is 0 Å². The molecule has 3 nitrogen and oxygen atoms in total. The molecule has 10 heteroatoms. The molecule has 19 heavy (non-hydrogen) atoms. The minimum absolute atomic E-state index is 0.321. The molecule has 2 aliphatic carbocycles. The lowest BCUT2D eigenvalue weighted by Gasteiger charge is -2.33. The molecule has 1 unspecified atom stereocenters. The number of allylic oxidation sites excluding steroid dienone is 2. The highest BCUT2D eigenvalue weighted by Gasteiger charge is 2.82. The van der Waals surface area contributed by atoms with Crippen LogP contribution in [-0.4, -0.2) is 31.4 Å². The first-order chi connectivity index (χ1) is 10.2. The highest BCUT2D eigenvalue weighted by Crippen LogP contribution is 2.76. The Morgan fingerprint density at radius 1 is 1.05 bits per heavy atom. The van der Waals surface area contributed by atoms with E-state index in [0.717, 1.165) is 0 Å². The summed E-state index contributed by atoms with van der Waals surface area (Å²) in [7, 11) is 0. The summed E-state index contributed by atoms with van der Waals surface area (Å²) >= 11 is 35.0. The molecule has 1 saturated carbocycles. The summed E-state index contributed by atoms with van der Waals surface area (Å²) < 4.78 is 50.9. The second kappa shape index (κ2) is 4.53. The molecule has 3 aliphatic rings. The van der Waals surface area contributed by atoms with E-state index in [2.05, 4.69) is 8.37 Å². The molecule has 2 fully saturated rings. The zero-order chi connectivity index (χ0) is 17.8. The van der Waals surface area contributed by atoms with Gasteiger partial charge in [0.25, 0.3) is 0 Å². The van der Waals surface area contributed by atoms with Crippen LogP contribution in [-0.2, 0) is 19.7 Å². The molecule has 1 saturated heterocycles. The van der Waals surface area contributed by atoms with Gasteiger partial charge in [-0.15, -0.1) is 23.2 Å². The molecular formula is C9H6Cl6O3S. The maximum Gasteiger partial charge on any atom is 0.304 e. The normalized spacial score (nSPS) is 60.6. The van der Waals surface area contributed by atoms with E-state index in [9.17, 15) is 4.21 Å². The first-order valence-corrected chi connectivity index (χ1v) is 8.05. The third-order valence-corrected chi connectivity index (χ3v) is 8.15. The predicted octanol–water partition coefficient (Wildman–Crippen LogP) is 3.69. The van der Waals surface area contributed by atoms with Gasteiger partial charge in [0.2, 0.25) is 0 Å². The average Bonchev–Trinajstić information content (AvgIpc) is 2.52. The summed E-state index contributed by atoms with van der Waals surface area (Å²) in [4.78, 5) is -4.23. The van der Waals surface area contributed by atoms with Gasteiger partial charge in [0, 0.05) is 11.8 Å². The van der Waals surface area contributed by atoms with Crippen molar-refractivity contribution in [2.75, 3.05) is 13.1 Å². The maximum absolute atomic E-state index is 11.7. The van der Waals surface area contributed by atoms with Gasteiger partial charge in [-0.05, 0) is 0 Å². The van der Waals surface area contributed by atoms with Gasteiger partial charge in [0.05, 0.1) is 28.7 Å². The maximum atomic E-state index is 11.7. The van der Waals surface area contributed by atoms with Crippen molar-refractivity contribution in [1.82, 2.24) is 0 Å². The fourth-order valence-corrected chi connectivity index (χ4v) is 5.71. The number of halogens is 6. The zero-order valence-electron chi connectivity index (χ0n) is 12.6. The van der Waals surface area contributed by atoms with Crippen molar-refractivity contribution in [3.05, 3.63) is 10.1 Å². The van der Waals surface area contributed by atoms with Crippen LogP contribution in [0.2, 0.25) is 0 Å². The van der Waals surface area contributed by atoms with E-state index in [1.54, 1.807) is 0 Å². The van der Waals surface area contributed by atoms with Crippen molar-refractivity contribution in [1.29, 1.82) is 0 Å². The van der Waals surface area contributed by atoms with Crippen LogP contribution in [0.1, 0.15) is 5.48 Å². The highest BCUT2D eigenvalue weighted by atomic mass is 35.5. The van der Waals surface area contributed by atoms with Crippen molar-refractivity contribution in [3.63, 3.8) is 0 Å². The Bertz CT molecular complexity index is 609. The molecule has 0 spiro atoms. The zero-order valence-corrected chi connectivity index (χ0v) is 13.9. The fraction of sp³-hybridized carbons (Fsp3) is 0.778. The quantitative estimate of drug-likeness (QED) is 0.571. The minimum atomic E-state index is -2.77. The van der Waals surface area contributed by atoms with E-state index in [4.69, 9.17) is 75.1 Å². The molecule has 108 valence electrons. The summed E-state index contributed by atoms with van der Waals surface area (Å²) in [6.45, 7) is -5.55. The van der Waals surface area contributed by atoms with E-state index in [-0.39, 0.29) is 10.1 Å². The Morgan fingerprint density at radius 2 is 1.42 bits per heavy atom. The van der Waals surface area contributed by atoms with Crippen molar-refractivity contribution in [2.24, 2.45) is 11.8 Å². The van der Waals surface area contributed by atoms with E-state index < -0.39 is 50.4 Å². The summed E-state index contributed by atoms with van der Waals surface area (Å²) in [5, 5.41) is -0.643. The van der Waals surface area contributed by atoms with Crippen LogP contribution in [0.5, 0.6) is 0 Å². The largest absolute Gasteiger partial charge is 0.304 e. The van der Waals surface area contributed by atoms with Gasteiger partial charge in [-0.3, -0.25) is 8.37 Å². The molecule has 0 aromatic rings. The van der Waals surface area contributed by atoms with Crippen LogP contribution in [0, 0.1) is 11.8 Å². The molecule has 1 heterocycles. The average molecular weight is 411 g/mol. The lowest BCUT2D eigenvalue weighted by Crippen LogP contribution is -2.45. The predicted molar refractivity (Wildman–Crippen MR) is 77.4 cm³/mol. The van der Waals surface area contributed by atoms with Crippen molar-refractivity contribution >= 4 is 81.0 Å². The standard InChI is InChI=1S/C9H6Cl6O3S/c10-5-6(11)8(13)4-2-18-19(16)17-1-3(4)7(5,12)9(8,14)15/h3-4H,1-2H2/t3-,4+,7-,8+,19?/i1D2,2D2.